The SMILES string of the molecule is O=C(O)C1(OCc2ccccc2)CCCOCC1. The molecular formula is C14H18O4. The number of carboxylic acids is 1. The van der Waals surface area contributed by atoms with Crippen molar-refractivity contribution in [2.75, 3.05) is 13.2 Å². The van der Waals surface area contributed by atoms with Gasteiger partial charge in [0, 0.05) is 19.6 Å². The summed E-state index contributed by atoms with van der Waals surface area (Å²) in [6.45, 7) is 1.39. The van der Waals surface area contributed by atoms with E-state index in [2.05, 4.69) is 0 Å². The maximum atomic E-state index is 11.5. The van der Waals surface area contributed by atoms with Gasteiger partial charge in [-0.05, 0) is 18.4 Å². The highest BCUT2D eigenvalue weighted by Gasteiger charge is 2.40. The molecule has 0 amide bonds. The third-order valence-electron chi connectivity index (χ3n) is 3.27. The van der Waals surface area contributed by atoms with Crippen LogP contribution in [0.15, 0.2) is 30.3 Å². The second-order valence-corrected chi connectivity index (χ2v) is 4.54. The van der Waals surface area contributed by atoms with Gasteiger partial charge in [-0.3, -0.25) is 0 Å². The second-order valence-electron chi connectivity index (χ2n) is 4.54. The number of carboxylic acid groups (broad SMARTS) is 1. The van der Waals surface area contributed by atoms with E-state index in [1.165, 1.54) is 0 Å². The predicted molar refractivity (Wildman–Crippen MR) is 66.3 cm³/mol. The molecule has 1 aromatic rings. The molecule has 98 valence electrons. The highest BCUT2D eigenvalue weighted by molar-refractivity contribution is 5.77. The number of hydrogen-bond donors (Lipinski definition) is 1. The van der Waals surface area contributed by atoms with Gasteiger partial charge in [0.05, 0.1) is 6.61 Å². The first-order valence-corrected chi connectivity index (χ1v) is 6.22. The molecule has 1 heterocycles. The summed E-state index contributed by atoms with van der Waals surface area (Å²) >= 11 is 0. The van der Waals surface area contributed by atoms with Crippen LogP contribution in [0.25, 0.3) is 0 Å². The van der Waals surface area contributed by atoms with Crippen molar-refractivity contribution in [1.29, 1.82) is 0 Å². The van der Waals surface area contributed by atoms with Crippen molar-refractivity contribution < 1.29 is 19.4 Å². The Kier molecular flexibility index (Phi) is 4.33. The number of rotatable bonds is 4. The molecule has 4 nitrogen and oxygen atoms in total. The molecule has 0 radical (unpaired) electrons. The summed E-state index contributed by atoms with van der Waals surface area (Å²) in [6.07, 6.45) is 1.64. The highest BCUT2D eigenvalue weighted by atomic mass is 16.5. The van der Waals surface area contributed by atoms with Crippen LogP contribution in [0.5, 0.6) is 0 Å². The molecule has 4 heteroatoms. The van der Waals surface area contributed by atoms with Gasteiger partial charge < -0.3 is 14.6 Å². The number of aliphatic carboxylic acids is 1. The van der Waals surface area contributed by atoms with Gasteiger partial charge in [0.15, 0.2) is 5.60 Å². The molecule has 1 saturated heterocycles. The lowest BCUT2D eigenvalue weighted by Crippen LogP contribution is -2.41. The van der Waals surface area contributed by atoms with E-state index in [0.717, 1.165) is 12.0 Å². The average molecular weight is 250 g/mol. The van der Waals surface area contributed by atoms with Crippen LogP contribution in [0.1, 0.15) is 24.8 Å². The topological polar surface area (TPSA) is 55.8 Å². The summed E-state index contributed by atoms with van der Waals surface area (Å²) in [4.78, 5) is 11.5. The van der Waals surface area contributed by atoms with Crippen LogP contribution in [0.4, 0.5) is 0 Å². The molecule has 1 atom stereocenters. The number of ether oxygens (including phenoxy) is 2. The van der Waals surface area contributed by atoms with Gasteiger partial charge in [0.2, 0.25) is 0 Å². The Morgan fingerprint density at radius 3 is 2.78 bits per heavy atom. The van der Waals surface area contributed by atoms with Crippen LogP contribution in [0, 0.1) is 0 Å². The van der Waals surface area contributed by atoms with Crippen molar-refractivity contribution in [3.05, 3.63) is 35.9 Å². The van der Waals surface area contributed by atoms with E-state index in [1.807, 2.05) is 30.3 Å². The van der Waals surface area contributed by atoms with Gasteiger partial charge in [0.1, 0.15) is 0 Å². The Morgan fingerprint density at radius 1 is 1.28 bits per heavy atom. The molecule has 1 aliphatic heterocycles. The normalized spacial score (nSPS) is 24.4. The number of benzene rings is 1. The first kappa shape index (κ1) is 13.1. The van der Waals surface area contributed by atoms with E-state index in [1.54, 1.807) is 0 Å². The lowest BCUT2D eigenvalue weighted by Gasteiger charge is -2.27. The zero-order chi connectivity index (χ0) is 12.8. The first-order valence-electron chi connectivity index (χ1n) is 6.22. The molecule has 0 spiro atoms. The largest absolute Gasteiger partial charge is 0.479 e. The Hall–Kier alpha value is -1.39. The molecule has 0 aliphatic carbocycles. The Morgan fingerprint density at radius 2 is 2.06 bits per heavy atom. The summed E-state index contributed by atoms with van der Waals surface area (Å²) in [6, 6.07) is 9.63. The summed E-state index contributed by atoms with van der Waals surface area (Å²) in [5, 5.41) is 9.41. The number of hydrogen-bond acceptors (Lipinski definition) is 3. The van der Waals surface area contributed by atoms with E-state index < -0.39 is 11.6 Å². The maximum absolute atomic E-state index is 11.5. The molecule has 2 rings (SSSR count). The van der Waals surface area contributed by atoms with Crippen molar-refractivity contribution in [2.45, 2.75) is 31.5 Å². The fraction of sp³-hybridized carbons (Fsp3) is 0.500. The van der Waals surface area contributed by atoms with Gasteiger partial charge in [-0.25, -0.2) is 4.79 Å². The fourth-order valence-electron chi connectivity index (χ4n) is 2.14. The lowest BCUT2D eigenvalue weighted by atomic mass is 9.94. The minimum absolute atomic E-state index is 0.327. The number of carbonyl (C=O) groups is 1. The van der Waals surface area contributed by atoms with Gasteiger partial charge in [-0.1, -0.05) is 30.3 Å². The van der Waals surface area contributed by atoms with Crippen molar-refractivity contribution in [1.82, 2.24) is 0 Å². The quantitative estimate of drug-likeness (QED) is 0.890. The molecule has 18 heavy (non-hydrogen) atoms. The zero-order valence-corrected chi connectivity index (χ0v) is 10.3. The van der Waals surface area contributed by atoms with Crippen LogP contribution < -0.4 is 0 Å². The van der Waals surface area contributed by atoms with Gasteiger partial charge in [0.25, 0.3) is 0 Å². The molecule has 1 fully saturated rings. The van der Waals surface area contributed by atoms with E-state index >= 15 is 0 Å². The average Bonchev–Trinajstić information content (AvgIpc) is 2.64. The van der Waals surface area contributed by atoms with Crippen molar-refractivity contribution in [2.24, 2.45) is 0 Å². The predicted octanol–water partition coefficient (Wildman–Crippen LogP) is 2.23. The van der Waals surface area contributed by atoms with E-state index in [4.69, 9.17) is 9.47 Å². The van der Waals surface area contributed by atoms with Crippen molar-refractivity contribution in [3.63, 3.8) is 0 Å². The van der Waals surface area contributed by atoms with Crippen LogP contribution in [0.3, 0.4) is 0 Å². The molecule has 1 aliphatic rings. The van der Waals surface area contributed by atoms with Crippen LogP contribution in [-0.2, 0) is 20.9 Å². The monoisotopic (exact) mass is 250 g/mol. The van der Waals surface area contributed by atoms with Crippen LogP contribution in [0.2, 0.25) is 0 Å². The minimum Gasteiger partial charge on any atom is -0.479 e. The Bertz CT molecular complexity index is 380. The summed E-state index contributed by atoms with van der Waals surface area (Å²) in [7, 11) is 0. The standard InChI is InChI=1S/C14H18O4/c15-13(16)14(7-4-9-17-10-8-14)18-11-12-5-2-1-3-6-12/h1-3,5-6H,4,7-11H2,(H,15,16). The molecule has 1 unspecified atom stereocenters. The van der Waals surface area contributed by atoms with Crippen LogP contribution >= 0.6 is 0 Å². The van der Waals surface area contributed by atoms with Gasteiger partial charge in [-0.2, -0.15) is 0 Å². The van der Waals surface area contributed by atoms with Gasteiger partial charge >= 0.3 is 5.97 Å². The van der Waals surface area contributed by atoms with E-state index in [9.17, 15) is 9.90 Å². The maximum Gasteiger partial charge on any atom is 0.336 e. The van der Waals surface area contributed by atoms with Crippen molar-refractivity contribution >= 4 is 5.97 Å². The summed E-state index contributed by atoms with van der Waals surface area (Å²) < 4.78 is 11.0. The molecular weight excluding hydrogens is 232 g/mol. The highest BCUT2D eigenvalue weighted by Crippen LogP contribution is 2.27. The van der Waals surface area contributed by atoms with Crippen molar-refractivity contribution in [3.8, 4) is 0 Å². The molecule has 0 aromatic heterocycles. The Balaban J connectivity index is 2.04. The van der Waals surface area contributed by atoms with E-state index in [0.29, 0.717) is 32.7 Å². The minimum atomic E-state index is -1.09. The second kappa shape index (κ2) is 5.98. The smallest absolute Gasteiger partial charge is 0.336 e. The molecule has 1 aromatic carbocycles. The molecule has 0 bridgehead atoms. The van der Waals surface area contributed by atoms with Crippen LogP contribution in [-0.4, -0.2) is 29.9 Å². The third-order valence-corrected chi connectivity index (χ3v) is 3.27. The summed E-state index contributed by atoms with van der Waals surface area (Å²) in [5.41, 5.74) is -0.102. The summed E-state index contributed by atoms with van der Waals surface area (Å²) in [5.74, 6) is -0.885. The lowest BCUT2D eigenvalue weighted by molar-refractivity contribution is -0.170. The zero-order valence-electron chi connectivity index (χ0n) is 10.3. The van der Waals surface area contributed by atoms with Gasteiger partial charge in [-0.15, -0.1) is 0 Å². The fourth-order valence-corrected chi connectivity index (χ4v) is 2.14. The molecule has 1 N–H and O–H groups in total. The van der Waals surface area contributed by atoms with E-state index in [-0.39, 0.29) is 0 Å². The Labute approximate surface area is 107 Å². The molecule has 0 saturated carbocycles. The third kappa shape index (κ3) is 3.09. The first-order chi connectivity index (χ1) is 8.73.